The van der Waals surface area contributed by atoms with Crippen LogP contribution in [0.3, 0.4) is 0 Å². The number of benzene rings is 4. The maximum Gasteiger partial charge on any atom is 0.339 e. The number of phenolic OH excluding ortho intramolecular Hbond substituents is 10. The van der Waals surface area contributed by atoms with E-state index in [1.165, 1.54) is 6.07 Å². The van der Waals surface area contributed by atoms with Crippen LogP contribution in [0.15, 0.2) is 65.0 Å². The van der Waals surface area contributed by atoms with Gasteiger partial charge in [0, 0.05) is 64.0 Å². The Morgan fingerprint density at radius 2 is 1.18 bits per heavy atom. The summed E-state index contributed by atoms with van der Waals surface area (Å²) in [4.78, 5) is 76.6. The molecule has 18 atom stereocenters. The standard InChI is InChI=1S/C57H52O30/c1-11-36(65)14-5-17(37(11)66)55(79)83-25-10-82-53(77)15-7-22(62)38(67)40(69)27(15)28-16(8-23(63)39(68)41(28)70)54(78)85-50(25)52-51-33(29-21(61)9-19(59)13-6-24(64)48(84-49(13)29)12-2-3-18(58)20(60)4-12)32-35(57(81)86-51)31(44(73)47(76)45(32)74)30-34(56(80)87-52)26(14)42(71)46(75)43(30)72/h2-5,8-9,11,14-15,22,24-25,27,31-33,35-37,45,48,50-52,58-76H,6-7,10H2,1H3/t11-,14+,15?,22-,24+,25?,27-,31+,32-,33+,35?,36?,37-,45-,48-,50?,51?,52?/m1/s1. The van der Waals surface area contributed by atoms with Gasteiger partial charge in [0.2, 0.25) is 11.5 Å². The molecule has 0 radical (unpaired) electrons. The first-order valence-electron chi connectivity index (χ1n) is 26.8. The van der Waals surface area contributed by atoms with Gasteiger partial charge >= 0.3 is 29.8 Å². The molecule has 0 aromatic heterocycles. The molecule has 460 valence electrons. The van der Waals surface area contributed by atoms with E-state index >= 15 is 19.2 Å². The highest BCUT2D eigenvalue weighted by atomic mass is 16.6. The lowest BCUT2D eigenvalue weighted by atomic mass is 9.59. The Labute approximate surface area is 485 Å². The van der Waals surface area contributed by atoms with Crippen LogP contribution in [-0.2, 0) is 44.5 Å². The number of carbonyl (C=O) groups is 5. The van der Waals surface area contributed by atoms with E-state index in [0.717, 1.165) is 25.1 Å². The number of hydrogen-bond donors (Lipinski definition) is 19. The van der Waals surface area contributed by atoms with Crippen molar-refractivity contribution >= 4 is 29.8 Å². The zero-order valence-corrected chi connectivity index (χ0v) is 44.5. The summed E-state index contributed by atoms with van der Waals surface area (Å²) in [5.41, 5.74) is -7.66. The molecule has 12 rings (SSSR count). The number of rotatable bonds is 2. The van der Waals surface area contributed by atoms with Crippen LogP contribution in [0.1, 0.15) is 97.2 Å². The summed E-state index contributed by atoms with van der Waals surface area (Å²) in [7, 11) is 0. The van der Waals surface area contributed by atoms with Crippen molar-refractivity contribution in [2.75, 3.05) is 6.61 Å². The first kappa shape index (κ1) is 57.7. The highest BCUT2D eigenvalue weighted by molar-refractivity contribution is 5.99. The zero-order valence-electron chi connectivity index (χ0n) is 44.5. The van der Waals surface area contributed by atoms with Crippen molar-refractivity contribution in [3.8, 4) is 63.2 Å². The van der Waals surface area contributed by atoms with Crippen molar-refractivity contribution in [2.24, 2.45) is 23.7 Å². The van der Waals surface area contributed by atoms with Crippen LogP contribution in [0.2, 0.25) is 0 Å². The minimum absolute atomic E-state index is 0.0920. The number of aromatic hydroxyl groups is 10. The summed E-state index contributed by atoms with van der Waals surface area (Å²) in [5.74, 6) is -44.2. The third kappa shape index (κ3) is 8.36. The summed E-state index contributed by atoms with van der Waals surface area (Å²) >= 11 is 0. The molecule has 4 aromatic carbocycles. The number of phenols is 10. The predicted octanol–water partition coefficient (Wildman–Crippen LogP) is 0.927. The van der Waals surface area contributed by atoms with E-state index < -0.39 is 283 Å². The van der Waals surface area contributed by atoms with Gasteiger partial charge in [-0.15, -0.1) is 0 Å². The number of cyclic esters (lactones) is 1. The molecule has 0 spiro atoms. The summed E-state index contributed by atoms with van der Waals surface area (Å²) < 4.78 is 36.7. The second kappa shape index (κ2) is 20.2. The molecule has 7 unspecified atom stereocenters. The maximum absolute atomic E-state index is 16.0. The molecule has 3 aliphatic carbocycles. The highest BCUT2D eigenvalue weighted by Crippen LogP contribution is 2.63. The molecule has 87 heavy (non-hydrogen) atoms. The second-order valence-electron chi connectivity index (χ2n) is 22.6. The summed E-state index contributed by atoms with van der Waals surface area (Å²) in [6.07, 6.45) is -24.0. The fourth-order valence-electron chi connectivity index (χ4n) is 13.8. The van der Waals surface area contributed by atoms with Crippen LogP contribution < -0.4 is 4.74 Å². The van der Waals surface area contributed by atoms with E-state index in [1.807, 2.05) is 0 Å². The van der Waals surface area contributed by atoms with E-state index in [4.69, 9.17) is 28.4 Å². The van der Waals surface area contributed by atoms with Gasteiger partial charge < -0.3 is 125 Å². The lowest BCUT2D eigenvalue weighted by molar-refractivity contribution is -0.205. The number of allylic oxidation sites excluding steroid dienone is 2. The smallest absolute Gasteiger partial charge is 0.339 e. The second-order valence-corrected chi connectivity index (χ2v) is 22.6. The first-order chi connectivity index (χ1) is 41.0. The molecule has 30 nitrogen and oxygen atoms in total. The monoisotopic (exact) mass is 1220 g/mol. The SMILES string of the molecule is C[C@@H]1C(O)[C@H]2C=C(C(=O)OC3COC(=O)C4C[C@@H](O)C(O)=C(O)[C@H]4c4c(cc(O)c(O)c4O)C(=O)OC3C3OC(=O)c4c2c(O)c(O)c(O)c4[C@@H]2C(O)=C(O)[C@H](O)[C@H]4C2C(=O)OC3[C@H]4c2c(O)cc(O)c3c2O[C@H](c2ccc(O)c(O)c2)[C@@H](O)C3)[C@@H]1O. The molecule has 5 heterocycles. The van der Waals surface area contributed by atoms with Crippen molar-refractivity contribution in [1.82, 2.24) is 0 Å². The Hall–Kier alpha value is -9.75. The lowest BCUT2D eigenvalue weighted by Crippen LogP contribution is -2.62. The topological polar surface area (TPSA) is 525 Å². The quantitative estimate of drug-likeness (QED) is 0.0754. The average Bonchev–Trinajstić information content (AvgIpc) is 0.778. The van der Waals surface area contributed by atoms with Crippen LogP contribution in [0.5, 0.6) is 63.2 Å². The van der Waals surface area contributed by atoms with Crippen LogP contribution in [0.4, 0.5) is 0 Å². The van der Waals surface area contributed by atoms with Gasteiger partial charge in [0.25, 0.3) is 0 Å². The Kier molecular flexibility index (Phi) is 13.4. The van der Waals surface area contributed by atoms with E-state index in [0.29, 0.717) is 12.1 Å². The van der Waals surface area contributed by atoms with E-state index in [9.17, 15) is 102 Å². The Balaban J connectivity index is 1.19. The Bertz CT molecular complexity index is 3810. The number of fused-ring (bicyclic) bond motifs is 14. The number of ether oxygens (including phenoxy) is 6. The number of esters is 5. The maximum atomic E-state index is 16.0. The molecule has 0 amide bonds. The van der Waals surface area contributed by atoms with Crippen molar-refractivity contribution in [3.63, 3.8) is 0 Å². The molecule has 4 aromatic rings. The minimum atomic E-state index is -2.87. The normalized spacial score (nSPS) is 33.6. The number of aliphatic hydroxyl groups is 9. The number of hydrogen-bond acceptors (Lipinski definition) is 30. The Morgan fingerprint density at radius 1 is 0.517 bits per heavy atom. The summed E-state index contributed by atoms with van der Waals surface area (Å²) in [5, 5.41) is 219. The van der Waals surface area contributed by atoms with Crippen LogP contribution >= 0.6 is 0 Å². The number of carbonyl (C=O) groups excluding carboxylic acids is 5. The molecule has 0 saturated carbocycles. The third-order valence-corrected chi connectivity index (χ3v) is 18.0. The fourth-order valence-corrected chi connectivity index (χ4v) is 13.8. The van der Waals surface area contributed by atoms with Gasteiger partial charge in [-0.1, -0.05) is 19.1 Å². The highest BCUT2D eigenvalue weighted by Gasteiger charge is 2.65. The van der Waals surface area contributed by atoms with Crippen molar-refractivity contribution in [3.05, 3.63) is 110 Å². The van der Waals surface area contributed by atoms with E-state index in [-0.39, 0.29) is 11.1 Å². The molecule has 1 fully saturated rings. The molecule has 30 heteroatoms. The first-order valence-corrected chi connectivity index (χ1v) is 26.8. The molecule has 5 aliphatic heterocycles. The molecule has 6 bridgehead atoms. The van der Waals surface area contributed by atoms with Gasteiger partial charge in [0.05, 0.1) is 58.7 Å². The van der Waals surface area contributed by atoms with Gasteiger partial charge in [-0.2, -0.15) is 0 Å². The predicted molar refractivity (Wildman–Crippen MR) is 277 cm³/mol. The van der Waals surface area contributed by atoms with Crippen LogP contribution in [0.25, 0.3) is 0 Å². The summed E-state index contributed by atoms with van der Waals surface area (Å²) in [6.45, 7) is -0.308. The van der Waals surface area contributed by atoms with Gasteiger partial charge in [0.15, 0.2) is 64.3 Å². The van der Waals surface area contributed by atoms with Crippen molar-refractivity contribution < 1.29 is 149 Å². The number of aliphatic hydroxyl groups excluding tert-OH is 9. The molecule has 19 N–H and O–H groups in total. The van der Waals surface area contributed by atoms with Crippen LogP contribution in [-0.4, -0.2) is 188 Å². The molecule has 8 aliphatic rings. The van der Waals surface area contributed by atoms with Crippen molar-refractivity contribution in [1.29, 1.82) is 0 Å². The van der Waals surface area contributed by atoms with Gasteiger partial charge in [-0.3, -0.25) is 9.59 Å². The summed E-state index contributed by atoms with van der Waals surface area (Å²) in [6, 6.07) is 4.22. The van der Waals surface area contributed by atoms with Gasteiger partial charge in [-0.05, 0) is 30.2 Å². The van der Waals surface area contributed by atoms with Gasteiger partial charge in [-0.25, -0.2) is 14.4 Å². The zero-order chi connectivity index (χ0) is 62.7. The molecular formula is C57H52O30. The largest absolute Gasteiger partial charge is 0.508 e. The van der Waals surface area contributed by atoms with Crippen LogP contribution in [0, 0.1) is 23.7 Å². The van der Waals surface area contributed by atoms with E-state index in [2.05, 4.69) is 0 Å². The van der Waals surface area contributed by atoms with Gasteiger partial charge in [0.1, 0.15) is 59.8 Å². The van der Waals surface area contributed by atoms with E-state index in [1.54, 1.807) is 0 Å². The average molecular weight is 1220 g/mol. The third-order valence-electron chi connectivity index (χ3n) is 18.0. The minimum Gasteiger partial charge on any atom is -0.508 e. The Morgan fingerprint density at radius 3 is 1.89 bits per heavy atom. The lowest BCUT2D eigenvalue weighted by Gasteiger charge is -2.52. The molecular weight excluding hydrogens is 1160 g/mol. The fraction of sp³-hybridized carbons (Fsp3) is 0.386. The molecule has 1 saturated heterocycles. The van der Waals surface area contributed by atoms with Crippen molar-refractivity contribution in [2.45, 2.75) is 104 Å².